The zero-order valence-electron chi connectivity index (χ0n) is 24.7. The summed E-state index contributed by atoms with van der Waals surface area (Å²) < 4.78 is 87.5. The molecule has 0 unspecified atom stereocenters. The van der Waals surface area contributed by atoms with E-state index in [1.54, 1.807) is 36.4 Å². The van der Waals surface area contributed by atoms with Crippen molar-refractivity contribution in [2.45, 2.75) is 28.5 Å². The van der Waals surface area contributed by atoms with Gasteiger partial charge in [0.2, 0.25) is 0 Å². The third-order valence-corrected chi connectivity index (χ3v) is 12.0. The molecule has 0 saturated carbocycles. The van der Waals surface area contributed by atoms with Crippen LogP contribution in [0.1, 0.15) is 13.8 Å². The van der Waals surface area contributed by atoms with E-state index in [2.05, 4.69) is 29.8 Å². The van der Waals surface area contributed by atoms with Crippen LogP contribution in [0.2, 0.25) is 10.0 Å². The third-order valence-electron chi connectivity index (χ3n) is 7.39. The fourth-order valence-corrected chi connectivity index (χ4v) is 7.98. The molecule has 0 fully saturated rings. The number of hydrogen-bond acceptors (Lipinski definition) is 8. The maximum atomic E-state index is 15.8. The average Bonchev–Trinajstić information content (AvgIpc) is 3.46. The molecule has 6 aromatic rings. The highest BCUT2D eigenvalue weighted by atomic mass is 35.5. The Morgan fingerprint density at radius 2 is 1.67 bits per heavy atom. The summed E-state index contributed by atoms with van der Waals surface area (Å²) in [4.78, 5) is 14.0. The van der Waals surface area contributed by atoms with E-state index in [1.807, 2.05) is 0 Å². The van der Waals surface area contributed by atoms with Crippen LogP contribution in [-0.2, 0) is 19.9 Å². The van der Waals surface area contributed by atoms with Crippen molar-refractivity contribution in [2.24, 2.45) is 0 Å². The topological polar surface area (TPSA) is 140 Å². The summed E-state index contributed by atoms with van der Waals surface area (Å²) in [6.07, 6.45) is 2.50. The van der Waals surface area contributed by atoms with E-state index in [0.717, 1.165) is 18.5 Å². The van der Waals surface area contributed by atoms with Crippen molar-refractivity contribution in [1.29, 1.82) is 0 Å². The Morgan fingerprint density at radius 3 is 2.42 bits per heavy atom. The number of sulfone groups is 1. The number of aromatic nitrogens is 4. The molecule has 3 aromatic carbocycles. The van der Waals surface area contributed by atoms with E-state index in [9.17, 15) is 16.8 Å². The summed E-state index contributed by atoms with van der Waals surface area (Å²) in [5.41, 5.74) is -0.568. The van der Waals surface area contributed by atoms with Crippen LogP contribution in [0.25, 0.3) is 32.6 Å². The van der Waals surface area contributed by atoms with Crippen molar-refractivity contribution in [3.63, 3.8) is 0 Å². The fourth-order valence-electron chi connectivity index (χ4n) is 4.79. The Bertz CT molecular complexity index is 2560. The molecule has 0 aliphatic heterocycles. The molecule has 3 heterocycles. The van der Waals surface area contributed by atoms with Crippen LogP contribution in [-0.4, -0.2) is 41.2 Å². The Hall–Kier alpha value is -4.88. The number of nitrogens with zero attached hydrogens (tertiary/aromatic N) is 5. The SMILES string of the molecule is [C-]#[N+]C(C)(C)S(=O)(=O)c1cn(-c2ccc3ncnc(Nc4c(F)ccc(NS(=O)(=O)c5cccc(Cl)c5Cl)c4F)c3n2)c2ccccc12. The molecule has 3 aromatic heterocycles. The molecule has 244 valence electrons. The first-order valence-electron chi connectivity index (χ1n) is 13.7. The van der Waals surface area contributed by atoms with Crippen LogP contribution in [0.3, 0.4) is 0 Å². The largest absolute Gasteiger partial charge is 0.333 e. The number of para-hydroxylation sites is 1. The van der Waals surface area contributed by atoms with Crippen molar-refractivity contribution in [1.82, 2.24) is 19.5 Å². The summed E-state index contributed by atoms with van der Waals surface area (Å²) in [6.45, 7) is 10.1. The predicted molar refractivity (Wildman–Crippen MR) is 179 cm³/mol. The van der Waals surface area contributed by atoms with Crippen molar-refractivity contribution >= 4 is 82.2 Å². The molecule has 6 rings (SSSR count). The average molecular weight is 729 g/mol. The lowest BCUT2D eigenvalue weighted by molar-refractivity contribution is 0.572. The molecule has 0 saturated heterocycles. The van der Waals surface area contributed by atoms with Gasteiger partial charge in [-0.05, 0) is 42.5 Å². The van der Waals surface area contributed by atoms with Gasteiger partial charge in [-0.1, -0.05) is 47.5 Å². The molecular formula is C31H21Cl2F2N7O4S2. The highest BCUT2D eigenvalue weighted by Gasteiger charge is 2.43. The number of rotatable bonds is 8. The fraction of sp³-hybridized carbons (Fsp3) is 0.0968. The number of fused-ring (bicyclic) bond motifs is 2. The number of nitrogens with one attached hydrogen (secondary N) is 2. The van der Waals surface area contributed by atoms with E-state index in [-0.39, 0.29) is 37.6 Å². The van der Waals surface area contributed by atoms with Gasteiger partial charge in [-0.3, -0.25) is 14.1 Å². The molecule has 17 heteroatoms. The standard InChI is InChI=1S/C31H21Cl2F2N7O4S2/c1-31(2,36-3)47(43,44)24-15-42(22-9-5-4-7-17(22)24)25-14-13-21-29(39-25)30(38-16-37-21)40-28-19(34)11-12-20(27(28)35)41-48(45,46)23-10-6-8-18(32)26(23)33/h4-16,41H,1-2H3,(H,37,38,40). The van der Waals surface area contributed by atoms with E-state index in [0.29, 0.717) is 10.9 Å². The maximum absolute atomic E-state index is 15.8. The van der Waals surface area contributed by atoms with Crippen molar-refractivity contribution in [3.8, 4) is 5.82 Å². The zero-order chi connectivity index (χ0) is 34.6. The minimum atomic E-state index is -4.46. The Balaban J connectivity index is 1.43. The second kappa shape index (κ2) is 12.0. The van der Waals surface area contributed by atoms with Crippen molar-refractivity contribution in [3.05, 3.63) is 112 Å². The van der Waals surface area contributed by atoms with E-state index < -0.39 is 52.6 Å². The summed E-state index contributed by atoms with van der Waals surface area (Å²) >= 11 is 12.0. The van der Waals surface area contributed by atoms with Gasteiger partial charge in [0.25, 0.3) is 19.9 Å². The molecule has 0 amide bonds. The predicted octanol–water partition coefficient (Wildman–Crippen LogP) is 7.53. The van der Waals surface area contributed by atoms with E-state index in [1.165, 1.54) is 42.8 Å². The smallest absolute Gasteiger partial charge is 0.328 e. The Morgan fingerprint density at radius 1 is 0.917 bits per heavy atom. The van der Waals surface area contributed by atoms with Crippen LogP contribution >= 0.6 is 23.2 Å². The lowest BCUT2D eigenvalue weighted by Crippen LogP contribution is -2.27. The van der Waals surface area contributed by atoms with E-state index >= 15 is 8.78 Å². The molecular weight excluding hydrogens is 707 g/mol. The van der Waals surface area contributed by atoms with Gasteiger partial charge in [0, 0.05) is 25.4 Å². The first-order valence-corrected chi connectivity index (χ1v) is 17.5. The first kappa shape index (κ1) is 33.0. The van der Waals surface area contributed by atoms with Crippen LogP contribution in [0, 0.1) is 18.2 Å². The quantitative estimate of drug-likeness (QED) is 0.153. The minimum absolute atomic E-state index is 0.0399. The first-order chi connectivity index (χ1) is 22.7. The highest BCUT2D eigenvalue weighted by Crippen LogP contribution is 2.36. The number of hydrogen-bond donors (Lipinski definition) is 2. The van der Waals surface area contributed by atoms with Crippen LogP contribution < -0.4 is 10.0 Å². The molecule has 48 heavy (non-hydrogen) atoms. The number of pyridine rings is 1. The molecule has 11 nitrogen and oxygen atoms in total. The van der Waals surface area contributed by atoms with Gasteiger partial charge in [-0.15, -0.1) is 0 Å². The Labute approximate surface area is 283 Å². The van der Waals surface area contributed by atoms with Gasteiger partial charge in [-0.25, -0.2) is 47.1 Å². The lowest BCUT2D eigenvalue weighted by Gasteiger charge is -2.15. The number of anilines is 3. The van der Waals surface area contributed by atoms with Gasteiger partial charge >= 0.3 is 4.87 Å². The number of halogens is 4. The van der Waals surface area contributed by atoms with Crippen LogP contribution in [0.4, 0.5) is 26.0 Å². The zero-order valence-corrected chi connectivity index (χ0v) is 27.8. The highest BCUT2D eigenvalue weighted by molar-refractivity contribution is 7.93. The number of sulfonamides is 1. The molecule has 0 aliphatic rings. The molecule has 0 bridgehead atoms. The van der Waals surface area contributed by atoms with Gasteiger partial charge in [0.05, 0.1) is 26.8 Å². The van der Waals surface area contributed by atoms with Gasteiger partial charge in [-0.2, -0.15) is 0 Å². The summed E-state index contributed by atoms with van der Waals surface area (Å²) in [6, 6.07) is 15.5. The van der Waals surface area contributed by atoms with Crippen molar-refractivity contribution in [2.75, 3.05) is 10.0 Å². The molecule has 0 spiro atoms. The second-order valence-electron chi connectivity index (χ2n) is 10.8. The summed E-state index contributed by atoms with van der Waals surface area (Å²) in [5.74, 6) is -2.31. The van der Waals surface area contributed by atoms with Gasteiger partial charge < -0.3 is 5.32 Å². The summed E-state index contributed by atoms with van der Waals surface area (Å²) in [5, 5.41) is 2.60. The molecule has 0 atom stereocenters. The van der Waals surface area contributed by atoms with E-state index in [4.69, 9.17) is 29.8 Å². The Kier molecular flexibility index (Phi) is 8.24. The monoisotopic (exact) mass is 727 g/mol. The minimum Gasteiger partial charge on any atom is -0.333 e. The van der Waals surface area contributed by atoms with Crippen LogP contribution in [0.5, 0.6) is 0 Å². The normalized spacial score (nSPS) is 12.3. The molecule has 0 aliphatic carbocycles. The van der Waals surface area contributed by atoms with Gasteiger partial charge in [0.15, 0.2) is 11.6 Å². The molecule has 0 radical (unpaired) electrons. The summed E-state index contributed by atoms with van der Waals surface area (Å²) in [7, 11) is -8.59. The van der Waals surface area contributed by atoms with Crippen LogP contribution in [0.15, 0.2) is 89.0 Å². The van der Waals surface area contributed by atoms with Crippen molar-refractivity contribution < 1.29 is 25.6 Å². The molecule has 2 N–H and O–H groups in total. The maximum Gasteiger partial charge on any atom is 0.328 e. The third kappa shape index (κ3) is 5.56. The van der Waals surface area contributed by atoms with Gasteiger partial charge in [0.1, 0.15) is 39.0 Å². The number of benzene rings is 3. The second-order valence-corrected chi connectivity index (χ2v) is 15.7. The lowest BCUT2D eigenvalue weighted by atomic mass is 10.2.